The number of carbonyl (C=O) groups is 2. The maximum Gasteiger partial charge on any atom is 0.325 e. The number of ether oxygens (including phenoxy) is 1. The predicted octanol–water partition coefficient (Wildman–Crippen LogP) is 2.42. The largest absolute Gasteiger partial charge is 0.465 e. The van der Waals surface area contributed by atoms with Gasteiger partial charge in [0.15, 0.2) is 0 Å². The molecule has 0 heterocycles. The summed E-state index contributed by atoms with van der Waals surface area (Å²) in [6, 6.07) is 7.78. The molecule has 1 aromatic carbocycles. The number of amides is 1. The van der Waals surface area contributed by atoms with Gasteiger partial charge in [0.05, 0.1) is 6.61 Å². The lowest BCUT2D eigenvalue weighted by atomic mass is 10.1. The van der Waals surface area contributed by atoms with Crippen molar-refractivity contribution in [2.45, 2.75) is 39.2 Å². The fourth-order valence-electron chi connectivity index (χ4n) is 2.15. The van der Waals surface area contributed by atoms with Crippen molar-refractivity contribution in [1.29, 1.82) is 0 Å². The summed E-state index contributed by atoms with van der Waals surface area (Å²) in [7, 11) is 0. The Balaban J connectivity index is 2.07. The highest BCUT2D eigenvalue weighted by atomic mass is 16.5. The van der Waals surface area contributed by atoms with Crippen molar-refractivity contribution >= 4 is 11.9 Å². The normalized spacial score (nSPS) is 13.9. The number of benzene rings is 1. The zero-order chi connectivity index (χ0) is 14.5. The number of esters is 1. The van der Waals surface area contributed by atoms with Gasteiger partial charge in [-0.1, -0.05) is 19.1 Å². The molecule has 1 aliphatic carbocycles. The molecule has 0 N–H and O–H groups in total. The van der Waals surface area contributed by atoms with Crippen molar-refractivity contribution in [2.24, 2.45) is 0 Å². The van der Waals surface area contributed by atoms with Gasteiger partial charge in [-0.3, -0.25) is 9.59 Å². The monoisotopic (exact) mass is 275 g/mol. The molecule has 0 unspecified atom stereocenters. The van der Waals surface area contributed by atoms with E-state index in [4.69, 9.17) is 4.74 Å². The summed E-state index contributed by atoms with van der Waals surface area (Å²) >= 11 is 0. The zero-order valence-electron chi connectivity index (χ0n) is 12.1. The summed E-state index contributed by atoms with van der Waals surface area (Å²) in [5.41, 5.74) is 1.84. The zero-order valence-corrected chi connectivity index (χ0v) is 12.1. The molecule has 1 amide bonds. The van der Waals surface area contributed by atoms with Crippen LogP contribution in [0.15, 0.2) is 24.3 Å². The lowest BCUT2D eigenvalue weighted by Gasteiger charge is -2.21. The van der Waals surface area contributed by atoms with E-state index in [0.29, 0.717) is 12.2 Å². The van der Waals surface area contributed by atoms with E-state index in [2.05, 4.69) is 6.92 Å². The van der Waals surface area contributed by atoms with Gasteiger partial charge in [-0.25, -0.2) is 0 Å². The van der Waals surface area contributed by atoms with Crippen LogP contribution in [0.4, 0.5) is 0 Å². The third-order valence-corrected chi connectivity index (χ3v) is 3.46. The van der Waals surface area contributed by atoms with E-state index < -0.39 is 0 Å². The third kappa shape index (κ3) is 3.59. The average Bonchev–Trinajstić information content (AvgIpc) is 3.29. The summed E-state index contributed by atoms with van der Waals surface area (Å²) in [5, 5.41) is 0. The Hall–Kier alpha value is -1.84. The molecule has 4 nitrogen and oxygen atoms in total. The molecule has 0 saturated heterocycles. The van der Waals surface area contributed by atoms with Gasteiger partial charge in [0.2, 0.25) is 0 Å². The first-order valence-electron chi connectivity index (χ1n) is 7.21. The molecule has 20 heavy (non-hydrogen) atoms. The number of nitrogens with zero attached hydrogens (tertiary/aromatic N) is 1. The van der Waals surface area contributed by atoms with Crippen LogP contribution in [-0.2, 0) is 16.0 Å². The van der Waals surface area contributed by atoms with Gasteiger partial charge in [-0.2, -0.15) is 0 Å². The summed E-state index contributed by atoms with van der Waals surface area (Å²) in [5.74, 6) is -0.416. The first-order valence-corrected chi connectivity index (χ1v) is 7.21. The standard InChI is InChI=1S/C16H21NO3/c1-3-12-5-7-13(8-6-12)16(19)17(14-9-10-14)11-15(18)20-4-2/h5-8,14H,3-4,9-11H2,1-2H3. The highest BCUT2D eigenvalue weighted by molar-refractivity contribution is 5.96. The van der Waals surface area contributed by atoms with E-state index in [-0.39, 0.29) is 24.5 Å². The second-order valence-corrected chi connectivity index (χ2v) is 5.02. The van der Waals surface area contributed by atoms with Crippen LogP contribution in [0.25, 0.3) is 0 Å². The van der Waals surface area contributed by atoms with Crippen molar-refractivity contribution in [3.8, 4) is 0 Å². The Kier molecular flexibility index (Phi) is 4.77. The average molecular weight is 275 g/mol. The van der Waals surface area contributed by atoms with Gasteiger partial charge in [0, 0.05) is 11.6 Å². The van der Waals surface area contributed by atoms with Crippen LogP contribution in [0.2, 0.25) is 0 Å². The number of rotatable bonds is 6. The van der Waals surface area contributed by atoms with Gasteiger partial charge in [-0.05, 0) is 43.9 Å². The Morgan fingerprint density at radius 2 is 1.85 bits per heavy atom. The molecule has 0 atom stereocenters. The van der Waals surface area contributed by atoms with Crippen molar-refractivity contribution < 1.29 is 14.3 Å². The van der Waals surface area contributed by atoms with Gasteiger partial charge in [0.25, 0.3) is 5.91 Å². The quantitative estimate of drug-likeness (QED) is 0.749. The molecule has 4 heteroatoms. The molecule has 108 valence electrons. The molecule has 0 aliphatic heterocycles. The van der Waals surface area contributed by atoms with Crippen LogP contribution in [0.3, 0.4) is 0 Å². The van der Waals surface area contributed by atoms with Gasteiger partial charge >= 0.3 is 5.97 Å². The minimum atomic E-state index is -0.335. The molecule has 1 aliphatic rings. The number of carbonyl (C=O) groups excluding carboxylic acids is 2. The topological polar surface area (TPSA) is 46.6 Å². The summed E-state index contributed by atoms with van der Waals surface area (Å²) in [6.45, 7) is 4.24. The second-order valence-electron chi connectivity index (χ2n) is 5.02. The van der Waals surface area contributed by atoms with Crippen molar-refractivity contribution in [3.63, 3.8) is 0 Å². The lowest BCUT2D eigenvalue weighted by Crippen LogP contribution is -2.38. The molecular weight excluding hydrogens is 254 g/mol. The van der Waals surface area contributed by atoms with E-state index in [1.807, 2.05) is 24.3 Å². The Morgan fingerprint density at radius 1 is 1.20 bits per heavy atom. The van der Waals surface area contributed by atoms with Crippen molar-refractivity contribution in [1.82, 2.24) is 4.90 Å². The molecule has 1 fully saturated rings. The summed E-state index contributed by atoms with van der Waals surface area (Å²) in [4.78, 5) is 25.7. The van der Waals surface area contributed by atoms with Crippen molar-refractivity contribution in [3.05, 3.63) is 35.4 Å². The van der Waals surface area contributed by atoms with E-state index in [9.17, 15) is 9.59 Å². The Labute approximate surface area is 119 Å². The SMILES string of the molecule is CCOC(=O)CN(C(=O)c1ccc(CC)cc1)C1CC1. The van der Waals surface area contributed by atoms with Crippen LogP contribution in [0.5, 0.6) is 0 Å². The lowest BCUT2D eigenvalue weighted by molar-refractivity contribution is -0.144. The molecule has 1 saturated carbocycles. The van der Waals surface area contributed by atoms with E-state index >= 15 is 0 Å². The number of hydrogen-bond acceptors (Lipinski definition) is 3. The predicted molar refractivity (Wildman–Crippen MR) is 76.5 cm³/mol. The highest BCUT2D eigenvalue weighted by Gasteiger charge is 2.34. The van der Waals surface area contributed by atoms with Gasteiger partial charge in [0.1, 0.15) is 6.54 Å². The van der Waals surface area contributed by atoms with E-state index in [0.717, 1.165) is 19.3 Å². The molecule has 2 rings (SSSR count). The van der Waals surface area contributed by atoms with E-state index in [1.165, 1.54) is 5.56 Å². The van der Waals surface area contributed by atoms with Gasteiger partial charge < -0.3 is 9.64 Å². The Morgan fingerprint density at radius 3 is 2.35 bits per heavy atom. The fraction of sp³-hybridized carbons (Fsp3) is 0.500. The van der Waals surface area contributed by atoms with E-state index in [1.54, 1.807) is 11.8 Å². The molecule has 0 bridgehead atoms. The first-order chi connectivity index (χ1) is 9.65. The van der Waals surface area contributed by atoms with Crippen LogP contribution in [0.1, 0.15) is 42.6 Å². The summed E-state index contributed by atoms with van der Waals surface area (Å²) in [6.07, 6.45) is 2.89. The molecule has 0 radical (unpaired) electrons. The third-order valence-electron chi connectivity index (χ3n) is 3.46. The molecule has 1 aromatic rings. The second kappa shape index (κ2) is 6.55. The minimum absolute atomic E-state index is 0.0485. The van der Waals surface area contributed by atoms with Gasteiger partial charge in [-0.15, -0.1) is 0 Å². The van der Waals surface area contributed by atoms with Crippen LogP contribution < -0.4 is 0 Å². The van der Waals surface area contributed by atoms with Crippen LogP contribution in [0, 0.1) is 0 Å². The maximum atomic E-state index is 12.5. The molecular formula is C16H21NO3. The fourth-order valence-corrected chi connectivity index (χ4v) is 2.15. The smallest absolute Gasteiger partial charge is 0.325 e. The minimum Gasteiger partial charge on any atom is -0.465 e. The van der Waals surface area contributed by atoms with Crippen LogP contribution in [-0.4, -0.2) is 36.0 Å². The molecule has 0 spiro atoms. The Bertz CT molecular complexity index is 477. The highest BCUT2D eigenvalue weighted by Crippen LogP contribution is 2.28. The summed E-state index contributed by atoms with van der Waals surface area (Å²) < 4.78 is 4.94. The number of aryl methyl sites for hydroxylation is 1. The maximum absolute atomic E-state index is 12.5. The molecule has 0 aromatic heterocycles. The van der Waals surface area contributed by atoms with Crippen LogP contribution >= 0.6 is 0 Å². The van der Waals surface area contributed by atoms with Crippen molar-refractivity contribution in [2.75, 3.05) is 13.2 Å². The first kappa shape index (κ1) is 14.6. The number of hydrogen-bond donors (Lipinski definition) is 0.